The van der Waals surface area contributed by atoms with Crippen molar-refractivity contribution in [2.45, 2.75) is 26.7 Å². The summed E-state index contributed by atoms with van der Waals surface area (Å²) in [5.41, 5.74) is 1.61. The lowest BCUT2D eigenvalue weighted by atomic mass is 9.90. The van der Waals surface area contributed by atoms with Crippen molar-refractivity contribution in [2.24, 2.45) is 5.41 Å². The number of hydrogen-bond acceptors (Lipinski definition) is 3. The lowest BCUT2D eigenvalue weighted by molar-refractivity contribution is -0.121. The number of hydrogen-bond donors (Lipinski definition) is 3. The highest BCUT2D eigenvalue weighted by Crippen LogP contribution is 2.18. The van der Waals surface area contributed by atoms with E-state index in [-0.39, 0.29) is 24.3 Å². The second kappa shape index (κ2) is 6.05. The molecule has 0 saturated carbocycles. The summed E-state index contributed by atoms with van der Waals surface area (Å²) >= 11 is 0. The van der Waals surface area contributed by atoms with E-state index in [0.717, 1.165) is 16.6 Å². The van der Waals surface area contributed by atoms with Crippen LogP contribution >= 0.6 is 0 Å². The maximum Gasteiger partial charge on any atom is 0.226 e. The fraction of sp³-hybridized carbons (Fsp3) is 0.467. The van der Waals surface area contributed by atoms with Crippen molar-refractivity contribution in [3.05, 3.63) is 30.0 Å². The number of fused-ring (bicyclic) bond motifs is 1. The van der Waals surface area contributed by atoms with Crippen molar-refractivity contribution in [1.82, 2.24) is 15.5 Å². The second-order valence-corrected chi connectivity index (χ2v) is 5.81. The molecular formula is C15H21N3O2. The normalized spacial score (nSPS) is 11.8. The first-order valence-corrected chi connectivity index (χ1v) is 6.81. The number of aliphatic hydroxyl groups is 1. The minimum absolute atomic E-state index is 0.0367. The summed E-state index contributed by atoms with van der Waals surface area (Å²) in [7, 11) is 0. The van der Waals surface area contributed by atoms with Crippen molar-refractivity contribution in [2.75, 3.05) is 13.2 Å². The topological polar surface area (TPSA) is 78.0 Å². The van der Waals surface area contributed by atoms with E-state index in [2.05, 4.69) is 15.5 Å². The zero-order chi connectivity index (χ0) is 14.6. The predicted molar refractivity (Wildman–Crippen MR) is 78.3 cm³/mol. The van der Waals surface area contributed by atoms with Gasteiger partial charge in [0.25, 0.3) is 0 Å². The van der Waals surface area contributed by atoms with Crippen molar-refractivity contribution < 1.29 is 9.90 Å². The van der Waals surface area contributed by atoms with Gasteiger partial charge in [0.2, 0.25) is 5.91 Å². The lowest BCUT2D eigenvalue weighted by Crippen LogP contribution is -2.35. The Hall–Kier alpha value is -1.88. The molecule has 5 nitrogen and oxygen atoms in total. The Bertz CT molecular complexity index is 590. The number of carbonyl (C=O) groups excluding carboxylic acids is 1. The van der Waals surface area contributed by atoms with Crippen molar-refractivity contribution in [3.63, 3.8) is 0 Å². The third-order valence-electron chi connectivity index (χ3n) is 3.43. The molecule has 0 atom stereocenters. The minimum Gasteiger partial charge on any atom is -0.396 e. The van der Waals surface area contributed by atoms with Gasteiger partial charge in [-0.05, 0) is 17.9 Å². The molecule has 2 rings (SSSR count). The van der Waals surface area contributed by atoms with Crippen LogP contribution in [0.3, 0.4) is 0 Å². The Kier molecular flexibility index (Phi) is 4.39. The number of H-pyrrole nitrogens is 1. The minimum atomic E-state index is -0.0968. The summed E-state index contributed by atoms with van der Waals surface area (Å²) in [6, 6.07) is 7.72. The smallest absolute Gasteiger partial charge is 0.226 e. The highest BCUT2D eigenvalue weighted by molar-refractivity contribution is 5.87. The zero-order valence-electron chi connectivity index (χ0n) is 11.9. The first-order chi connectivity index (χ1) is 9.52. The van der Waals surface area contributed by atoms with Crippen LogP contribution in [0.2, 0.25) is 0 Å². The van der Waals surface area contributed by atoms with E-state index in [0.29, 0.717) is 13.0 Å². The quantitative estimate of drug-likeness (QED) is 0.750. The summed E-state index contributed by atoms with van der Waals surface area (Å²) in [6.07, 6.45) is 0.954. The number of carbonyl (C=O) groups is 1. The van der Waals surface area contributed by atoms with Gasteiger partial charge in [-0.15, -0.1) is 0 Å². The molecule has 108 valence electrons. The van der Waals surface area contributed by atoms with Crippen LogP contribution in [0.4, 0.5) is 0 Å². The molecule has 5 heteroatoms. The number of nitrogens with one attached hydrogen (secondary N) is 2. The molecule has 0 unspecified atom stereocenters. The first-order valence-electron chi connectivity index (χ1n) is 6.81. The summed E-state index contributed by atoms with van der Waals surface area (Å²) in [4.78, 5) is 12.0. The molecule has 3 N–H and O–H groups in total. The molecule has 0 aliphatic carbocycles. The van der Waals surface area contributed by atoms with Crippen LogP contribution in [0.25, 0.3) is 10.9 Å². The van der Waals surface area contributed by atoms with Gasteiger partial charge in [-0.25, -0.2) is 0 Å². The van der Waals surface area contributed by atoms with Crippen molar-refractivity contribution in [1.29, 1.82) is 0 Å². The van der Waals surface area contributed by atoms with E-state index in [1.54, 1.807) is 0 Å². The van der Waals surface area contributed by atoms with Crippen LogP contribution in [0.1, 0.15) is 26.0 Å². The highest BCUT2D eigenvalue weighted by Gasteiger charge is 2.18. The van der Waals surface area contributed by atoms with Crippen LogP contribution in [0.5, 0.6) is 0 Å². The molecule has 0 spiro atoms. The van der Waals surface area contributed by atoms with Crippen molar-refractivity contribution in [3.8, 4) is 0 Å². The third kappa shape index (κ3) is 3.57. The van der Waals surface area contributed by atoms with Gasteiger partial charge in [0.05, 0.1) is 17.6 Å². The number of amides is 1. The summed E-state index contributed by atoms with van der Waals surface area (Å²) in [5.74, 6) is -0.0367. The van der Waals surface area contributed by atoms with Crippen LogP contribution < -0.4 is 5.32 Å². The standard InChI is InChI=1S/C15H21N3O2/c1-15(2,7-8-19)10-16-14(20)9-13-11-5-3-4-6-12(11)17-18-13/h3-6,19H,7-10H2,1-2H3,(H,16,20)(H,17,18). The summed E-state index contributed by atoms with van der Waals surface area (Å²) < 4.78 is 0. The van der Waals surface area contributed by atoms with Crippen molar-refractivity contribution >= 4 is 16.8 Å². The van der Waals surface area contributed by atoms with Crippen LogP contribution in [0, 0.1) is 5.41 Å². The molecule has 0 fully saturated rings. The monoisotopic (exact) mass is 275 g/mol. The molecular weight excluding hydrogens is 254 g/mol. The van der Waals surface area contributed by atoms with Crippen LogP contribution in [0.15, 0.2) is 24.3 Å². The Labute approximate surface area is 118 Å². The van der Waals surface area contributed by atoms with E-state index >= 15 is 0 Å². The third-order valence-corrected chi connectivity index (χ3v) is 3.43. The van der Waals surface area contributed by atoms with Crippen LogP contribution in [-0.4, -0.2) is 34.4 Å². The number of nitrogens with zero attached hydrogens (tertiary/aromatic N) is 1. The molecule has 20 heavy (non-hydrogen) atoms. The maximum atomic E-state index is 12.0. The Morgan fingerprint density at radius 2 is 2.15 bits per heavy atom. The molecule has 0 saturated heterocycles. The largest absolute Gasteiger partial charge is 0.396 e. The Morgan fingerprint density at radius 3 is 2.90 bits per heavy atom. The van der Waals surface area contributed by atoms with E-state index in [4.69, 9.17) is 5.11 Å². The van der Waals surface area contributed by atoms with Gasteiger partial charge in [-0.3, -0.25) is 9.89 Å². The Morgan fingerprint density at radius 1 is 1.40 bits per heavy atom. The van der Waals surface area contributed by atoms with Crippen LogP contribution in [-0.2, 0) is 11.2 Å². The average molecular weight is 275 g/mol. The number of aliphatic hydroxyl groups excluding tert-OH is 1. The summed E-state index contributed by atoms with van der Waals surface area (Å²) in [5, 5.41) is 20.0. The van der Waals surface area contributed by atoms with E-state index in [1.165, 1.54) is 0 Å². The Balaban J connectivity index is 1.95. The maximum absolute atomic E-state index is 12.0. The number of rotatable bonds is 6. The summed E-state index contributed by atoms with van der Waals surface area (Å²) in [6.45, 7) is 4.73. The predicted octanol–water partition coefficient (Wildman–Crippen LogP) is 1.63. The molecule has 1 amide bonds. The first kappa shape index (κ1) is 14.5. The average Bonchev–Trinajstić information content (AvgIpc) is 2.80. The fourth-order valence-electron chi connectivity index (χ4n) is 2.10. The van der Waals surface area contributed by atoms with Gasteiger partial charge >= 0.3 is 0 Å². The van der Waals surface area contributed by atoms with Gasteiger partial charge in [-0.2, -0.15) is 5.10 Å². The zero-order valence-corrected chi connectivity index (χ0v) is 11.9. The molecule has 1 aromatic carbocycles. The molecule has 0 bridgehead atoms. The van der Waals surface area contributed by atoms with Gasteiger partial charge in [0.1, 0.15) is 0 Å². The number of aromatic amines is 1. The number of benzene rings is 1. The lowest BCUT2D eigenvalue weighted by Gasteiger charge is -2.23. The fourth-order valence-corrected chi connectivity index (χ4v) is 2.10. The highest BCUT2D eigenvalue weighted by atomic mass is 16.3. The van der Waals surface area contributed by atoms with Gasteiger partial charge < -0.3 is 10.4 Å². The number of para-hydroxylation sites is 1. The van der Waals surface area contributed by atoms with E-state index < -0.39 is 0 Å². The molecule has 0 radical (unpaired) electrons. The second-order valence-electron chi connectivity index (χ2n) is 5.81. The molecule has 0 aliphatic heterocycles. The SMILES string of the molecule is CC(C)(CCO)CNC(=O)Cc1[nH]nc2ccccc12. The molecule has 1 heterocycles. The molecule has 1 aromatic heterocycles. The van der Waals surface area contributed by atoms with Gasteiger partial charge in [0.15, 0.2) is 0 Å². The van der Waals surface area contributed by atoms with Gasteiger partial charge in [-0.1, -0.05) is 32.0 Å². The van der Waals surface area contributed by atoms with Gasteiger partial charge in [0, 0.05) is 18.5 Å². The molecule has 0 aliphatic rings. The number of aromatic nitrogens is 2. The van der Waals surface area contributed by atoms with E-state index in [1.807, 2.05) is 38.1 Å². The van der Waals surface area contributed by atoms with E-state index in [9.17, 15) is 4.79 Å². The molecule has 2 aromatic rings.